The summed E-state index contributed by atoms with van der Waals surface area (Å²) in [6, 6.07) is 1.83. The van der Waals surface area contributed by atoms with Gasteiger partial charge in [0.25, 0.3) is 0 Å². The van der Waals surface area contributed by atoms with Crippen LogP contribution in [0.1, 0.15) is 37.9 Å². The lowest BCUT2D eigenvalue weighted by atomic mass is 9.89. The van der Waals surface area contributed by atoms with Crippen molar-refractivity contribution in [3.63, 3.8) is 0 Å². The molecule has 0 aromatic carbocycles. The molecule has 4 aliphatic heterocycles. The van der Waals surface area contributed by atoms with Gasteiger partial charge in [-0.25, -0.2) is 0 Å². The molecule has 1 amide bonds. The quantitative estimate of drug-likeness (QED) is 0.756. The molecular formula is C21H31N5O3. The lowest BCUT2D eigenvalue weighted by Crippen LogP contribution is -2.61. The smallest absolute Gasteiger partial charge is 0.324 e. The summed E-state index contributed by atoms with van der Waals surface area (Å²) < 4.78 is 11.3. The van der Waals surface area contributed by atoms with Crippen LogP contribution in [0.4, 0.5) is 6.01 Å². The van der Waals surface area contributed by atoms with Crippen LogP contribution in [0.25, 0.3) is 0 Å². The molecule has 3 unspecified atom stereocenters. The molecule has 158 valence electrons. The number of aryl methyl sites for hydroxylation is 1. The van der Waals surface area contributed by atoms with E-state index >= 15 is 0 Å². The molecule has 29 heavy (non-hydrogen) atoms. The lowest BCUT2D eigenvalue weighted by Gasteiger charge is -2.49. The number of nitrogens with zero attached hydrogens (tertiary/aromatic N) is 5. The minimum absolute atomic E-state index is 0.301. The third kappa shape index (κ3) is 3.06. The first kappa shape index (κ1) is 18.1. The van der Waals surface area contributed by atoms with E-state index in [-0.39, 0.29) is 0 Å². The van der Waals surface area contributed by atoms with Crippen LogP contribution in [-0.4, -0.2) is 83.4 Å². The number of anilines is 1. The fourth-order valence-corrected chi connectivity index (χ4v) is 6.44. The summed E-state index contributed by atoms with van der Waals surface area (Å²) >= 11 is 0. The van der Waals surface area contributed by atoms with E-state index in [0.717, 1.165) is 52.2 Å². The highest BCUT2D eigenvalue weighted by atomic mass is 16.5. The number of carbonyl (C=O) groups excluding carboxylic acids is 1. The van der Waals surface area contributed by atoms with Crippen molar-refractivity contribution in [3.8, 4) is 0 Å². The minimum atomic E-state index is 0.301. The number of morpholine rings is 1. The first-order valence-corrected chi connectivity index (χ1v) is 11.4. The van der Waals surface area contributed by atoms with Crippen molar-refractivity contribution < 1.29 is 14.1 Å². The Bertz CT molecular complexity index is 752. The van der Waals surface area contributed by atoms with Gasteiger partial charge in [0.05, 0.1) is 25.3 Å². The molecule has 1 aromatic heterocycles. The van der Waals surface area contributed by atoms with Crippen LogP contribution in [0.2, 0.25) is 0 Å². The van der Waals surface area contributed by atoms with Gasteiger partial charge in [-0.2, -0.15) is 4.98 Å². The largest absolute Gasteiger partial charge is 0.377 e. The first-order valence-electron chi connectivity index (χ1n) is 11.4. The predicted octanol–water partition coefficient (Wildman–Crippen LogP) is 1.30. The molecule has 2 bridgehead atoms. The van der Waals surface area contributed by atoms with Gasteiger partial charge in [-0.15, -0.1) is 0 Å². The fraction of sp³-hybridized carbons (Fsp3) is 0.857. The summed E-state index contributed by atoms with van der Waals surface area (Å²) in [5, 5.41) is 3.98. The molecule has 0 radical (unpaired) electrons. The number of hydrogen-bond acceptors (Lipinski definition) is 7. The van der Waals surface area contributed by atoms with E-state index in [0.29, 0.717) is 53.6 Å². The van der Waals surface area contributed by atoms with Crippen LogP contribution >= 0.6 is 0 Å². The number of likely N-dealkylation sites (tertiary alicyclic amines) is 2. The molecule has 8 heteroatoms. The van der Waals surface area contributed by atoms with E-state index < -0.39 is 0 Å². The van der Waals surface area contributed by atoms with Crippen LogP contribution in [0.3, 0.4) is 0 Å². The van der Waals surface area contributed by atoms with Crippen LogP contribution in [0.5, 0.6) is 0 Å². The molecule has 5 atom stereocenters. The molecule has 5 aliphatic rings. The summed E-state index contributed by atoms with van der Waals surface area (Å²) in [5.41, 5.74) is 0. The Labute approximate surface area is 171 Å². The molecule has 1 aromatic rings. The highest BCUT2D eigenvalue weighted by Gasteiger charge is 2.61. The van der Waals surface area contributed by atoms with E-state index in [9.17, 15) is 4.79 Å². The van der Waals surface area contributed by atoms with E-state index in [2.05, 4.69) is 24.8 Å². The number of hydrogen-bond donors (Lipinski definition) is 0. The Morgan fingerprint density at radius 1 is 1.00 bits per heavy atom. The van der Waals surface area contributed by atoms with Gasteiger partial charge in [-0.3, -0.25) is 9.69 Å². The number of carbonyl (C=O) groups is 1. The van der Waals surface area contributed by atoms with Crippen molar-refractivity contribution in [1.82, 2.24) is 19.9 Å². The number of piperidine rings is 3. The molecule has 8 nitrogen and oxygen atoms in total. The topological polar surface area (TPSA) is 74.9 Å². The van der Waals surface area contributed by atoms with Crippen molar-refractivity contribution in [2.24, 2.45) is 17.8 Å². The van der Waals surface area contributed by atoms with Crippen LogP contribution in [-0.2, 0) is 9.53 Å². The monoisotopic (exact) mass is 401 g/mol. The maximum atomic E-state index is 12.9. The minimum Gasteiger partial charge on any atom is -0.377 e. The summed E-state index contributed by atoms with van der Waals surface area (Å²) in [6.07, 6.45) is 5.79. The van der Waals surface area contributed by atoms with E-state index in [1.54, 1.807) is 0 Å². The van der Waals surface area contributed by atoms with Gasteiger partial charge in [0.2, 0.25) is 5.91 Å². The van der Waals surface area contributed by atoms with E-state index in [4.69, 9.17) is 9.26 Å². The normalized spacial score (nSPS) is 39.5. The second kappa shape index (κ2) is 6.94. The number of amides is 1. The van der Waals surface area contributed by atoms with Crippen molar-refractivity contribution in [1.29, 1.82) is 0 Å². The molecule has 0 N–H and O–H groups in total. The van der Waals surface area contributed by atoms with Gasteiger partial charge in [-0.1, -0.05) is 5.16 Å². The maximum absolute atomic E-state index is 12.9. The standard InChI is InChI=1S/C21H31N5O3/c1-13-22-21(29-23-13)26-15-7-14(8-16(26)12-28-11-15)25-9-17-18(10-25)19(17)20(27)24-5-3-2-4-6-24/h14-19H,2-12H2,1H3/t14?,15?,16?,17-,18+,19?. The van der Waals surface area contributed by atoms with E-state index in [1.165, 1.54) is 19.3 Å². The van der Waals surface area contributed by atoms with Gasteiger partial charge >= 0.3 is 6.01 Å². The second-order valence-corrected chi connectivity index (χ2v) is 9.70. The Morgan fingerprint density at radius 2 is 1.69 bits per heavy atom. The number of ether oxygens (including phenoxy) is 1. The van der Waals surface area contributed by atoms with Gasteiger partial charge < -0.3 is 19.1 Å². The second-order valence-electron chi connectivity index (χ2n) is 9.70. The Hall–Kier alpha value is -1.67. The molecule has 4 saturated heterocycles. The number of rotatable bonds is 3. The molecule has 5 fully saturated rings. The summed E-state index contributed by atoms with van der Waals surface area (Å²) in [6.45, 7) is 7.48. The van der Waals surface area contributed by atoms with Gasteiger partial charge in [-0.05, 0) is 50.9 Å². The summed E-state index contributed by atoms with van der Waals surface area (Å²) in [4.78, 5) is 24.5. The zero-order valence-electron chi connectivity index (χ0n) is 17.2. The Kier molecular flexibility index (Phi) is 4.34. The van der Waals surface area contributed by atoms with Crippen LogP contribution in [0, 0.1) is 24.7 Å². The van der Waals surface area contributed by atoms with Gasteiger partial charge in [0.15, 0.2) is 5.82 Å². The summed E-state index contributed by atoms with van der Waals surface area (Å²) in [5.74, 6) is 2.64. The average Bonchev–Trinajstić information content (AvgIpc) is 3.05. The maximum Gasteiger partial charge on any atom is 0.324 e. The Morgan fingerprint density at radius 3 is 2.31 bits per heavy atom. The average molecular weight is 402 g/mol. The van der Waals surface area contributed by atoms with Crippen molar-refractivity contribution in [3.05, 3.63) is 5.82 Å². The third-order valence-electron chi connectivity index (χ3n) is 7.92. The molecule has 5 heterocycles. The van der Waals surface area contributed by atoms with Crippen LogP contribution in [0.15, 0.2) is 4.52 Å². The molecule has 6 rings (SSSR count). The number of aromatic nitrogens is 2. The molecular weight excluding hydrogens is 370 g/mol. The molecule has 1 aliphatic carbocycles. The zero-order valence-corrected chi connectivity index (χ0v) is 17.2. The summed E-state index contributed by atoms with van der Waals surface area (Å²) in [7, 11) is 0. The van der Waals surface area contributed by atoms with Gasteiger partial charge in [0, 0.05) is 38.1 Å². The molecule has 1 saturated carbocycles. The third-order valence-corrected chi connectivity index (χ3v) is 7.92. The predicted molar refractivity (Wildman–Crippen MR) is 105 cm³/mol. The van der Waals surface area contributed by atoms with Gasteiger partial charge in [0.1, 0.15) is 0 Å². The van der Waals surface area contributed by atoms with Crippen molar-refractivity contribution in [2.45, 2.75) is 57.2 Å². The van der Waals surface area contributed by atoms with E-state index in [1.807, 2.05) is 6.92 Å². The highest BCUT2D eigenvalue weighted by molar-refractivity contribution is 5.82. The number of fused-ring (bicyclic) bond motifs is 3. The zero-order chi connectivity index (χ0) is 19.5. The Balaban J connectivity index is 1.08. The van der Waals surface area contributed by atoms with Crippen molar-refractivity contribution in [2.75, 3.05) is 44.3 Å². The SMILES string of the molecule is Cc1noc(N2C3COCC2CC(N2C[C@@H]4C(C(=O)N5CCCCC5)[C@@H]4C2)C3)n1. The highest BCUT2D eigenvalue weighted by Crippen LogP contribution is 2.54. The fourth-order valence-electron chi connectivity index (χ4n) is 6.44. The first-order chi connectivity index (χ1) is 14.2. The lowest BCUT2D eigenvalue weighted by molar-refractivity contribution is -0.134. The van der Waals surface area contributed by atoms with Crippen molar-refractivity contribution >= 4 is 11.9 Å². The van der Waals surface area contributed by atoms with Crippen LogP contribution < -0.4 is 4.90 Å². The molecule has 0 spiro atoms.